The van der Waals surface area contributed by atoms with Crippen LogP contribution >= 0.6 is 0 Å². The molecule has 1 saturated heterocycles. The Kier molecular flexibility index (Phi) is 5.09. The summed E-state index contributed by atoms with van der Waals surface area (Å²) in [7, 11) is 0. The van der Waals surface area contributed by atoms with Crippen molar-refractivity contribution in [1.29, 1.82) is 0 Å². The van der Waals surface area contributed by atoms with Gasteiger partial charge in [-0.05, 0) is 32.3 Å². The summed E-state index contributed by atoms with van der Waals surface area (Å²) in [5.74, 6) is 0.886. The Morgan fingerprint density at radius 1 is 1.19 bits per heavy atom. The molecule has 3 heterocycles. The van der Waals surface area contributed by atoms with Gasteiger partial charge in [0, 0.05) is 37.7 Å². The Morgan fingerprint density at radius 2 is 1.93 bits per heavy atom. The maximum absolute atomic E-state index is 9.76. The molecule has 1 unspecified atom stereocenters. The highest BCUT2D eigenvalue weighted by molar-refractivity contribution is 5.71. The predicted octanol–water partition coefficient (Wildman–Crippen LogP) is 3.45. The molecule has 1 aromatic carbocycles. The minimum atomic E-state index is -0.200. The molecule has 0 aliphatic carbocycles. The van der Waals surface area contributed by atoms with Gasteiger partial charge in [-0.15, -0.1) is 0 Å². The van der Waals surface area contributed by atoms with Gasteiger partial charge in [-0.2, -0.15) is 0 Å². The van der Waals surface area contributed by atoms with Crippen LogP contribution in [0.25, 0.3) is 16.9 Å². The van der Waals surface area contributed by atoms with Gasteiger partial charge in [0.05, 0.1) is 24.1 Å². The summed E-state index contributed by atoms with van der Waals surface area (Å²) < 4.78 is 7.76. The van der Waals surface area contributed by atoms with Gasteiger partial charge in [0.25, 0.3) is 0 Å². The first-order valence-corrected chi connectivity index (χ1v) is 9.64. The number of hydrogen-bond donors (Lipinski definition) is 1. The van der Waals surface area contributed by atoms with Gasteiger partial charge < -0.3 is 14.7 Å². The fourth-order valence-corrected chi connectivity index (χ4v) is 3.69. The highest BCUT2D eigenvalue weighted by atomic mass is 16.5. The number of rotatable bonds is 5. The third kappa shape index (κ3) is 3.55. The molecule has 1 aliphatic rings. The van der Waals surface area contributed by atoms with Crippen LogP contribution in [-0.4, -0.2) is 45.3 Å². The summed E-state index contributed by atoms with van der Waals surface area (Å²) in [6.07, 6.45) is 7.12. The molecule has 1 atom stereocenters. The Morgan fingerprint density at radius 3 is 2.63 bits per heavy atom. The van der Waals surface area contributed by atoms with Crippen LogP contribution in [0, 0.1) is 0 Å². The van der Waals surface area contributed by atoms with E-state index < -0.39 is 0 Å². The third-order valence-corrected chi connectivity index (χ3v) is 5.27. The maximum atomic E-state index is 9.76. The summed E-state index contributed by atoms with van der Waals surface area (Å²) >= 11 is 0. The lowest BCUT2D eigenvalue weighted by Gasteiger charge is -2.30. The molecule has 2 aromatic heterocycles. The van der Waals surface area contributed by atoms with E-state index >= 15 is 0 Å². The fraction of sp³-hybridized carbons (Fsp3) is 0.429. The molecule has 0 spiro atoms. The first-order valence-electron chi connectivity index (χ1n) is 9.64. The van der Waals surface area contributed by atoms with Crippen LogP contribution in [0.4, 0.5) is 5.82 Å². The van der Waals surface area contributed by atoms with Gasteiger partial charge in [-0.3, -0.25) is 4.40 Å². The van der Waals surface area contributed by atoms with Crippen molar-refractivity contribution in [3.8, 4) is 11.3 Å². The predicted molar refractivity (Wildman–Crippen MR) is 106 cm³/mol. The normalized spacial score (nSPS) is 16.8. The third-order valence-electron chi connectivity index (χ3n) is 5.27. The summed E-state index contributed by atoms with van der Waals surface area (Å²) in [5, 5.41) is 9.76. The van der Waals surface area contributed by atoms with Crippen LogP contribution in [0.5, 0.6) is 0 Å². The number of piperidine rings is 1. The molecule has 4 rings (SSSR count). The molecule has 0 amide bonds. The van der Waals surface area contributed by atoms with Gasteiger partial charge in [-0.1, -0.05) is 24.3 Å². The largest absolute Gasteiger partial charge is 0.393 e. The van der Waals surface area contributed by atoms with Crippen LogP contribution in [0.2, 0.25) is 0 Å². The van der Waals surface area contributed by atoms with Crippen LogP contribution < -0.4 is 4.90 Å². The molecule has 0 saturated carbocycles. The molecular formula is C21H26N4O2. The summed E-state index contributed by atoms with van der Waals surface area (Å²) in [5.41, 5.74) is 4.18. The molecule has 0 bridgehead atoms. The second-order valence-electron chi connectivity index (χ2n) is 7.03. The van der Waals surface area contributed by atoms with Crippen LogP contribution in [0.3, 0.4) is 0 Å². The number of aliphatic hydroxyl groups excluding tert-OH is 1. The number of aliphatic hydroxyl groups is 1. The van der Waals surface area contributed by atoms with Gasteiger partial charge in [0.2, 0.25) is 0 Å². The van der Waals surface area contributed by atoms with E-state index in [1.807, 2.05) is 25.5 Å². The molecule has 3 aromatic rings. The van der Waals surface area contributed by atoms with Crippen molar-refractivity contribution in [1.82, 2.24) is 14.4 Å². The molecule has 6 heteroatoms. The average molecular weight is 366 g/mol. The highest BCUT2D eigenvalue weighted by Gasteiger charge is 2.21. The lowest BCUT2D eigenvalue weighted by molar-refractivity contribution is 0.0764. The van der Waals surface area contributed by atoms with Gasteiger partial charge in [0.15, 0.2) is 11.5 Å². The van der Waals surface area contributed by atoms with E-state index in [2.05, 4.69) is 50.5 Å². The van der Waals surface area contributed by atoms with Crippen LogP contribution in [0.15, 0.2) is 42.9 Å². The zero-order valence-corrected chi connectivity index (χ0v) is 15.9. The highest BCUT2D eigenvalue weighted by Crippen LogP contribution is 2.28. The molecule has 1 fully saturated rings. The molecule has 142 valence electrons. The molecular weight excluding hydrogens is 340 g/mol. The lowest BCUT2D eigenvalue weighted by Crippen LogP contribution is -2.36. The Bertz CT molecular complexity index is 898. The van der Waals surface area contributed by atoms with E-state index in [0.717, 1.165) is 48.7 Å². The smallest absolute Gasteiger partial charge is 0.180 e. The molecule has 1 aliphatic heterocycles. The van der Waals surface area contributed by atoms with Crippen molar-refractivity contribution < 1.29 is 9.84 Å². The van der Waals surface area contributed by atoms with Gasteiger partial charge in [0.1, 0.15) is 0 Å². The number of hydrogen-bond acceptors (Lipinski definition) is 5. The lowest BCUT2D eigenvalue weighted by atomic mass is 10.1. The first kappa shape index (κ1) is 17.9. The number of anilines is 1. The van der Waals surface area contributed by atoms with Crippen molar-refractivity contribution in [2.75, 3.05) is 24.6 Å². The summed E-state index contributed by atoms with van der Waals surface area (Å²) in [6, 6.07) is 8.46. The zero-order valence-electron chi connectivity index (χ0n) is 15.9. The van der Waals surface area contributed by atoms with E-state index in [1.54, 1.807) is 0 Å². The van der Waals surface area contributed by atoms with Gasteiger partial charge in [-0.25, -0.2) is 9.97 Å². The minimum Gasteiger partial charge on any atom is -0.393 e. The maximum Gasteiger partial charge on any atom is 0.180 e. The Labute approximate surface area is 159 Å². The molecule has 27 heavy (non-hydrogen) atoms. The second-order valence-corrected chi connectivity index (χ2v) is 7.03. The number of fused-ring (bicyclic) bond motifs is 1. The SMILES string of the molecule is CCOC(C)c1ccc(-c2cnc3c(N4CCC(O)CC4)nccn23)cc1. The number of imidazole rings is 1. The van der Waals surface area contributed by atoms with Crippen molar-refractivity contribution >= 4 is 11.5 Å². The summed E-state index contributed by atoms with van der Waals surface area (Å²) in [4.78, 5) is 11.4. The number of aromatic nitrogens is 3. The first-order chi connectivity index (χ1) is 13.2. The topological polar surface area (TPSA) is 62.9 Å². The van der Waals surface area contributed by atoms with Crippen molar-refractivity contribution in [3.63, 3.8) is 0 Å². The molecule has 6 nitrogen and oxygen atoms in total. The van der Waals surface area contributed by atoms with E-state index in [-0.39, 0.29) is 12.2 Å². The summed E-state index contributed by atoms with van der Waals surface area (Å²) in [6.45, 7) is 6.40. The minimum absolute atomic E-state index is 0.0940. The monoisotopic (exact) mass is 366 g/mol. The average Bonchev–Trinajstić information content (AvgIpc) is 3.13. The second kappa shape index (κ2) is 7.66. The van der Waals surface area contributed by atoms with Crippen molar-refractivity contribution in [2.24, 2.45) is 0 Å². The Hall–Kier alpha value is -2.44. The van der Waals surface area contributed by atoms with E-state index in [4.69, 9.17) is 4.74 Å². The Balaban J connectivity index is 1.65. The zero-order chi connectivity index (χ0) is 18.8. The van der Waals surface area contributed by atoms with E-state index in [1.165, 1.54) is 5.56 Å². The van der Waals surface area contributed by atoms with E-state index in [0.29, 0.717) is 6.61 Å². The van der Waals surface area contributed by atoms with Crippen LogP contribution in [0.1, 0.15) is 38.4 Å². The standard InChI is InChI=1S/C21H26N4O2/c1-3-27-15(2)16-4-6-17(7-5-16)19-14-23-21-20(22-10-13-25(19)21)24-11-8-18(26)9-12-24/h4-7,10,13-15,18,26H,3,8-9,11-12H2,1-2H3. The van der Waals surface area contributed by atoms with Crippen molar-refractivity contribution in [3.05, 3.63) is 48.4 Å². The number of ether oxygens (including phenoxy) is 1. The number of benzene rings is 1. The van der Waals surface area contributed by atoms with Crippen LogP contribution in [-0.2, 0) is 4.74 Å². The number of nitrogens with zero attached hydrogens (tertiary/aromatic N) is 4. The fourth-order valence-electron chi connectivity index (χ4n) is 3.69. The molecule has 1 N–H and O–H groups in total. The quantitative estimate of drug-likeness (QED) is 0.749. The van der Waals surface area contributed by atoms with Crippen molar-refractivity contribution in [2.45, 2.75) is 38.9 Å². The van der Waals surface area contributed by atoms with Gasteiger partial charge >= 0.3 is 0 Å². The molecule has 0 radical (unpaired) electrons. The van der Waals surface area contributed by atoms with E-state index in [9.17, 15) is 5.11 Å².